The molecule has 0 radical (unpaired) electrons. The molecule has 1 amide bonds. The molecule has 12 heteroatoms. The smallest absolute Gasteiger partial charge is 0.374 e. The Labute approximate surface area is 239 Å². The first-order chi connectivity index (χ1) is 20.3. The van der Waals surface area contributed by atoms with Crippen LogP contribution in [0.4, 0.5) is 5.82 Å². The van der Waals surface area contributed by atoms with E-state index < -0.39 is 21.7 Å². The van der Waals surface area contributed by atoms with Gasteiger partial charge in [-0.2, -0.15) is 0 Å². The number of para-hydroxylation sites is 2. The minimum atomic E-state index is -4.22. The monoisotopic (exact) mass is 584 g/mol. The molecule has 11 nitrogen and oxygen atoms in total. The molecule has 42 heavy (non-hydrogen) atoms. The first kappa shape index (κ1) is 27.0. The number of nitrogens with zero attached hydrogens (tertiary/aromatic N) is 3. The molecule has 0 atom stereocenters. The highest BCUT2D eigenvalue weighted by molar-refractivity contribution is 7.92. The lowest BCUT2D eigenvalue weighted by atomic mass is 10.2. The average molecular weight is 585 g/mol. The van der Waals surface area contributed by atoms with E-state index in [1.165, 1.54) is 36.8 Å². The van der Waals surface area contributed by atoms with Gasteiger partial charge in [0.1, 0.15) is 16.2 Å². The number of esters is 1. The molecule has 4 aromatic heterocycles. The fourth-order valence-corrected chi connectivity index (χ4v) is 6.07. The fourth-order valence-electron chi connectivity index (χ4n) is 4.53. The predicted molar refractivity (Wildman–Crippen MR) is 152 cm³/mol. The highest BCUT2D eigenvalue weighted by atomic mass is 32.2. The van der Waals surface area contributed by atoms with Crippen LogP contribution >= 0.6 is 0 Å². The molecule has 4 heterocycles. The largest absolute Gasteiger partial charge is 0.460 e. The Bertz CT molecular complexity index is 2010. The van der Waals surface area contributed by atoms with Gasteiger partial charge in [-0.05, 0) is 61.9 Å². The predicted octanol–water partition coefficient (Wildman–Crippen LogP) is 5.41. The third-order valence-corrected chi connectivity index (χ3v) is 8.38. The first-order valence-electron chi connectivity index (χ1n) is 13.0. The molecule has 6 aromatic rings. The summed E-state index contributed by atoms with van der Waals surface area (Å²) in [5.74, 6) is -1.25. The maximum absolute atomic E-state index is 14.2. The lowest BCUT2D eigenvalue weighted by Crippen LogP contribution is -2.18. The van der Waals surface area contributed by atoms with Crippen molar-refractivity contribution < 1.29 is 31.6 Å². The number of benzene rings is 2. The van der Waals surface area contributed by atoms with Crippen molar-refractivity contribution in [3.8, 4) is 0 Å². The van der Waals surface area contributed by atoms with Crippen molar-refractivity contribution in [3.05, 3.63) is 102 Å². The molecule has 0 bridgehead atoms. The molecule has 0 aliphatic heterocycles. The van der Waals surface area contributed by atoms with Gasteiger partial charge in [0.2, 0.25) is 15.6 Å². The number of rotatable bonds is 9. The Morgan fingerprint density at radius 2 is 1.55 bits per heavy atom. The van der Waals surface area contributed by atoms with Crippen molar-refractivity contribution in [3.63, 3.8) is 0 Å². The van der Waals surface area contributed by atoms with E-state index in [1.54, 1.807) is 53.1 Å². The number of amides is 1. The summed E-state index contributed by atoms with van der Waals surface area (Å²) < 4.78 is 45.7. The Kier molecular flexibility index (Phi) is 7.05. The van der Waals surface area contributed by atoms with Crippen molar-refractivity contribution in [2.24, 2.45) is 0 Å². The van der Waals surface area contributed by atoms with E-state index in [1.807, 2.05) is 6.92 Å². The number of hydrogen-bond acceptors (Lipinski definition) is 9. The van der Waals surface area contributed by atoms with Gasteiger partial charge in [0.05, 0.1) is 35.1 Å². The van der Waals surface area contributed by atoms with Gasteiger partial charge >= 0.3 is 5.97 Å². The Morgan fingerprint density at radius 3 is 2.21 bits per heavy atom. The summed E-state index contributed by atoms with van der Waals surface area (Å²) in [6, 6.07) is 19.6. The van der Waals surface area contributed by atoms with Gasteiger partial charge in [-0.3, -0.25) is 4.79 Å². The van der Waals surface area contributed by atoms with Gasteiger partial charge in [-0.25, -0.2) is 23.2 Å². The van der Waals surface area contributed by atoms with Crippen LogP contribution in [-0.2, 0) is 21.1 Å². The quantitative estimate of drug-likeness (QED) is 0.174. The van der Waals surface area contributed by atoms with E-state index in [2.05, 4.69) is 5.32 Å². The molecule has 0 saturated heterocycles. The summed E-state index contributed by atoms with van der Waals surface area (Å²) in [6.07, 6.45) is 2.98. The normalized spacial score (nSPS) is 11.6. The van der Waals surface area contributed by atoms with E-state index in [9.17, 15) is 18.0 Å². The second-order valence-corrected chi connectivity index (χ2v) is 11.3. The highest BCUT2D eigenvalue weighted by Crippen LogP contribution is 2.37. The molecular weight excluding hydrogens is 560 g/mol. The lowest BCUT2D eigenvalue weighted by Gasteiger charge is -2.13. The molecule has 0 unspecified atom stereocenters. The van der Waals surface area contributed by atoms with Crippen molar-refractivity contribution in [2.45, 2.75) is 29.7 Å². The van der Waals surface area contributed by atoms with E-state index in [4.69, 9.17) is 23.5 Å². The number of aromatic nitrogens is 3. The summed E-state index contributed by atoms with van der Waals surface area (Å²) in [7, 11) is -4.22. The van der Waals surface area contributed by atoms with Crippen LogP contribution in [0, 0.1) is 6.92 Å². The number of ether oxygens (including phenoxy) is 1. The molecule has 0 fully saturated rings. The number of aryl methyl sites for hydroxylation is 2. The Morgan fingerprint density at radius 1 is 0.881 bits per heavy atom. The Hall–Kier alpha value is -5.23. The van der Waals surface area contributed by atoms with Crippen LogP contribution in [-0.4, -0.2) is 41.4 Å². The molecule has 212 valence electrons. The number of hydrogen-bond donors (Lipinski definition) is 1. The maximum atomic E-state index is 14.2. The van der Waals surface area contributed by atoms with Gasteiger partial charge in [0.15, 0.2) is 11.4 Å². The van der Waals surface area contributed by atoms with Crippen molar-refractivity contribution in [1.29, 1.82) is 0 Å². The fraction of sp³-hybridized carbons (Fsp3) is 0.133. The van der Waals surface area contributed by atoms with Gasteiger partial charge in [0, 0.05) is 6.54 Å². The van der Waals surface area contributed by atoms with Crippen LogP contribution in [0.5, 0.6) is 0 Å². The summed E-state index contributed by atoms with van der Waals surface area (Å²) in [5, 5.41) is 2.73. The standard InChI is InChI=1S/C30H24N4O7S/c1-19-11-13-20(14-12-19)42(37,38)26-25-27(32-22-8-3-2-7-21(22)31-25)34(28(26)33-29(35)23-9-4-16-39-23)15-6-18-41-30(36)24-10-5-17-40-24/h2-5,7-14,16-17H,6,15,18H2,1H3,(H,33,35). The first-order valence-corrected chi connectivity index (χ1v) is 14.5. The summed E-state index contributed by atoms with van der Waals surface area (Å²) in [4.78, 5) is 34.7. The number of carbonyl (C=O) groups is 2. The van der Waals surface area contributed by atoms with Crippen LogP contribution < -0.4 is 5.32 Å². The van der Waals surface area contributed by atoms with Crippen molar-refractivity contribution >= 4 is 49.7 Å². The summed E-state index contributed by atoms with van der Waals surface area (Å²) in [5.41, 5.74) is 2.25. The SMILES string of the molecule is Cc1ccc(S(=O)(=O)c2c(NC(=O)c3ccco3)n(CCCOC(=O)c3ccco3)c3nc4ccccc4nc23)cc1. The van der Waals surface area contributed by atoms with E-state index in [0.29, 0.717) is 11.0 Å². The molecular formula is C30H24N4O7S. The summed E-state index contributed by atoms with van der Waals surface area (Å²) in [6.45, 7) is 1.98. The molecule has 1 N–H and O–H groups in total. The minimum Gasteiger partial charge on any atom is -0.460 e. The van der Waals surface area contributed by atoms with E-state index in [-0.39, 0.29) is 57.9 Å². The zero-order valence-corrected chi connectivity index (χ0v) is 23.1. The van der Waals surface area contributed by atoms with Gasteiger partial charge in [-0.1, -0.05) is 29.8 Å². The van der Waals surface area contributed by atoms with Crippen LogP contribution in [0.2, 0.25) is 0 Å². The average Bonchev–Trinajstić information content (AvgIpc) is 3.76. The number of carbonyl (C=O) groups excluding carboxylic acids is 2. The maximum Gasteiger partial charge on any atom is 0.374 e. The van der Waals surface area contributed by atoms with E-state index >= 15 is 0 Å². The van der Waals surface area contributed by atoms with E-state index in [0.717, 1.165) is 5.56 Å². The molecule has 0 saturated carbocycles. The van der Waals surface area contributed by atoms with Crippen LogP contribution in [0.15, 0.2) is 104 Å². The zero-order chi connectivity index (χ0) is 29.3. The van der Waals surface area contributed by atoms with Crippen LogP contribution in [0.25, 0.3) is 22.2 Å². The molecule has 2 aromatic carbocycles. The second kappa shape index (κ2) is 11.0. The lowest BCUT2D eigenvalue weighted by molar-refractivity contribution is 0.0460. The Balaban J connectivity index is 1.49. The zero-order valence-electron chi connectivity index (χ0n) is 22.3. The third kappa shape index (κ3) is 5.03. The molecule has 0 spiro atoms. The third-order valence-electron chi connectivity index (χ3n) is 6.57. The van der Waals surface area contributed by atoms with Crippen molar-refractivity contribution in [2.75, 3.05) is 11.9 Å². The van der Waals surface area contributed by atoms with Crippen LogP contribution in [0.3, 0.4) is 0 Å². The molecule has 6 rings (SSSR count). The minimum absolute atomic E-state index is 0.00810. The number of furan rings is 2. The van der Waals surface area contributed by atoms with Crippen LogP contribution in [0.1, 0.15) is 33.1 Å². The van der Waals surface area contributed by atoms with Gasteiger partial charge in [0.25, 0.3) is 5.91 Å². The number of fused-ring (bicyclic) bond motifs is 2. The molecule has 0 aliphatic rings. The number of anilines is 1. The topological polar surface area (TPSA) is 147 Å². The van der Waals surface area contributed by atoms with Crippen molar-refractivity contribution in [1.82, 2.24) is 14.5 Å². The highest BCUT2D eigenvalue weighted by Gasteiger charge is 2.33. The van der Waals surface area contributed by atoms with Gasteiger partial charge in [-0.15, -0.1) is 0 Å². The second-order valence-electron chi connectivity index (χ2n) is 9.43. The number of nitrogens with one attached hydrogen (secondary N) is 1. The summed E-state index contributed by atoms with van der Waals surface area (Å²) >= 11 is 0. The number of sulfone groups is 1. The van der Waals surface area contributed by atoms with Gasteiger partial charge < -0.3 is 23.5 Å². The molecule has 0 aliphatic carbocycles.